The Morgan fingerprint density at radius 3 is 2.71 bits per heavy atom. The van der Waals surface area contributed by atoms with E-state index in [0.717, 1.165) is 10.2 Å². The number of aryl methyl sites for hydroxylation is 1. The summed E-state index contributed by atoms with van der Waals surface area (Å²) in [4.78, 5) is 16.4. The Morgan fingerprint density at radius 1 is 1.25 bits per heavy atom. The van der Waals surface area contributed by atoms with Gasteiger partial charge in [-0.1, -0.05) is 18.2 Å². The number of sulfonamides is 1. The number of carbonyl (C=O) groups is 1. The highest BCUT2D eigenvalue weighted by Gasteiger charge is 2.16. The molecular formula is C16H14N2O4S2. The van der Waals surface area contributed by atoms with Crippen LogP contribution >= 0.6 is 11.3 Å². The average molecular weight is 362 g/mol. The van der Waals surface area contributed by atoms with Gasteiger partial charge in [0.05, 0.1) is 20.7 Å². The molecule has 0 spiro atoms. The summed E-state index contributed by atoms with van der Waals surface area (Å²) in [6.07, 6.45) is 0. The summed E-state index contributed by atoms with van der Waals surface area (Å²) in [5.41, 5.74) is 1.45. The lowest BCUT2D eigenvalue weighted by atomic mass is 10.1. The molecule has 0 saturated carbocycles. The van der Waals surface area contributed by atoms with Crippen molar-refractivity contribution in [1.29, 1.82) is 0 Å². The molecule has 2 aromatic carbocycles. The summed E-state index contributed by atoms with van der Waals surface area (Å²) in [6.45, 7) is 1.63. The van der Waals surface area contributed by atoms with Crippen molar-refractivity contribution < 1.29 is 17.9 Å². The maximum atomic E-state index is 12.1. The molecule has 6 nitrogen and oxygen atoms in total. The van der Waals surface area contributed by atoms with E-state index in [4.69, 9.17) is 9.88 Å². The molecule has 0 bridgehead atoms. The van der Waals surface area contributed by atoms with Crippen LogP contribution in [0.15, 0.2) is 47.4 Å². The van der Waals surface area contributed by atoms with Crippen molar-refractivity contribution in [3.8, 4) is 0 Å². The van der Waals surface area contributed by atoms with E-state index in [1.807, 2.05) is 24.3 Å². The van der Waals surface area contributed by atoms with Crippen LogP contribution in [0.4, 0.5) is 0 Å². The van der Waals surface area contributed by atoms with Crippen molar-refractivity contribution in [3.05, 3.63) is 58.6 Å². The summed E-state index contributed by atoms with van der Waals surface area (Å²) in [5.74, 6) is -0.626. The van der Waals surface area contributed by atoms with Crippen LogP contribution in [0.25, 0.3) is 10.2 Å². The van der Waals surface area contributed by atoms with E-state index in [-0.39, 0.29) is 17.1 Å². The standard InChI is InChI=1S/C16H14N2O4S2/c1-10-6-7-11(8-14(10)24(17,20)21)16(19)22-9-15-18-12-4-2-3-5-13(12)23-15/h2-8H,9H2,1H3,(H2,17,20,21). The highest BCUT2D eigenvalue weighted by atomic mass is 32.2. The molecule has 1 heterocycles. The second-order valence-electron chi connectivity index (χ2n) is 5.18. The molecule has 124 valence electrons. The summed E-state index contributed by atoms with van der Waals surface area (Å²) >= 11 is 1.44. The van der Waals surface area contributed by atoms with Crippen molar-refractivity contribution in [1.82, 2.24) is 4.98 Å². The van der Waals surface area contributed by atoms with Gasteiger partial charge < -0.3 is 4.74 Å². The number of esters is 1. The smallest absolute Gasteiger partial charge is 0.338 e. The number of fused-ring (bicyclic) bond motifs is 1. The zero-order valence-corrected chi connectivity index (χ0v) is 14.4. The zero-order chi connectivity index (χ0) is 17.3. The Bertz CT molecular complexity index is 992. The molecule has 0 unspecified atom stereocenters. The number of para-hydroxylation sites is 1. The van der Waals surface area contributed by atoms with E-state index in [0.29, 0.717) is 10.6 Å². The molecule has 24 heavy (non-hydrogen) atoms. The number of nitrogens with two attached hydrogens (primary N) is 1. The Balaban J connectivity index is 1.77. The first kappa shape index (κ1) is 16.6. The van der Waals surface area contributed by atoms with Gasteiger partial charge in [-0.3, -0.25) is 0 Å². The van der Waals surface area contributed by atoms with Gasteiger partial charge >= 0.3 is 5.97 Å². The summed E-state index contributed by atoms with van der Waals surface area (Å²) in [6, 6.07) is 11.9. The summed E-state index contributed by atoms with van der Waals surface area (Å²) in [5, 5.41) is 5.82. The molecule has 0 aliphatic carbocycles. The monoisotopic (exact) mass is 362 g/mol. The number of thiazole rings is 1. The molecule has 1 aromatic heterocycles. The number of primary sulfonamides is 1. The van der Waals surface area contributed by atoms with Crippen molar-refractivity contribution in [3.63, 3.8) is 0 Å². The minimum atomic E-state index is -3.89. The van der Waals surface area contributed by atoms with Gasteiger partial charge in [-0.2, -0.15) is 0 Å². The second kappa shape index (κ2) is 6.31. The van der Waals surface area contributed by atoms with Crippen LogP contribution in [0, 0.1) is 6.92 Å². The lowest BCUT2D eigenvalue weighted by molar-refractivity contribution is 0.0472. The van der Waals surface area contributed by atoms with Crippen LogP contribution in [0.2, 0.25) is 0 Å². The maximum Gasteiger partial charge on any atom is 0.338 e. The van der Waals surface area contributed by atoms with Gasteiger partial charge in [0.2, 0.25) is 10.0 Å². The molecule has 2 N–H and O–H groups in total. The molecule has 0 atom stereocenters. The van der Waals surface area contributed by atoms with Crippen molar-refractivity contribution in [2.75, 3.05) is 0 Å². The van der Waals surface area contributed by atoms with E-state index in [1.165, 1.54) is 29.5 Å². The molecule has 0 amide bonds. The molecule has 0 fully saturated rings. The Hall–Kier alpha value is -2.29. The number of ether oxygens (including phenoxy) is 1. The van der Waals surface area contributed by atoms with E-state index >= 15 is 0 Å². The first-order valence-electron chi connectivity index (χ1n) is 6.99. The summed E-state index contributed by atoms with van der Waals surface area (Å²) < 4.78 is 29.3. The molecule has 3 rings (SSSR count). The fourth-order valence-corrected chi connectivity index (χ4v) is 3.91. The van der Waals surface area contributed by atoms with Gasteiger partial charge in [0.1, 0.15) is 11.6 Å². The number of hydrogen-bond acceptors (Lipinski definition) is 6. The van der Waals surface area contributed by atoms with Crippen LogP contribution in [0.5, 0.6) is 0 Å². The van der Waals surface area contributed by atoms with E-state index < -0.39 is 16.0 Å². The SMILES string of the molecule is Cc1ccc(C(=O)OCc2nc3ccccc3s2)cc1S(N)(=O)=O. The second-order valence-corrected chi connectivity index (χ2v) is 7.82. The van der Waals surface area contributed by atoms with Gasteiger partial charge in [-0.15, -0.1) is 11.3 Å². The number of benzene rings is 2. The van der Waals surface area contributed by atoms with E-state index in [9.17, 15) is 13.2 Å². The lowest BCUT2D eigenvalue weighted by Gasteiger charge is -2.07. The van der Waals surface area contributed by atoms with Gasteiger partial charge in [-0.05, 0) is 36.8 Å². The normalized spacial score (nSPS) is 11.6. The van der Waals surface area contributed by atoms with E-state index in [1.54, 1.807) is 6.92 Å². The fraction of sp³-hybridized carbons (Fsp3) is 0.125. The van der Waals surface area contributed by atoms with Gasteiger partial charge in [0.15, 0.2) is 0 Å². The molecular weight excluding hydrogens is 348 g/mol. The largest absolute Gasteiger partial charge is 0.455 e. The lowest BCUT2D eigenvalue weighted by Crippen LogP contribution is -2.15. The Labute approximate surface area is 143 Å². The molecule has 0 radical (unpaired) electrons. The maximum absolute atomic E-state index is 12.1. The molecule has 0 aliphatic heterocycles. The Kier molecular flexibility index (Phi) is 4.35. The predicted molar refractivity (Wildman–Crippen MR) is 91.3 cm³/mol. The third kappa shape index (κ3) is 3.45. The van der Waals surface area contributed by atoms with Gasteiger partial charge in [-0.25, -0.2) is 23.3 Å². The van der Waals surface area contributed by atoms with Crippen LogP contribution < -0.4 is 5.14 Å². The first-order chi connectivity index (χ1) is 11.3. The van der Waals surface area contributed by atoms with E-state index in [2.05, 4.69) is 4.98 Å². The van der Waals surface area contributed by atoms with Gasteiger partial charge in [0.25, 0.3) is 0 Å². The van der Waals surface area contributed by atoms with Crippen LogP contribution in [0.1, 0.15) is 20.9 Å². The van der Waals surface area contributed by atoms with Crippen molar-refractivity contribution in [2.24, 2.45) is 5.14 Å². The third-order valence-corrected chi connectivity index (χ3v) is 5.46. The number of hydrogen-bond donors (Lipinski definition) is 1. The summed E-state index contributed by atoms with van der Waals surface area (Å²) in [7, 11) is -3.89. The first-order valence-corrected chi connectivity index (χ1v) is 9.36. The molecule has 3 aromatic rings. The third-order valence-electron chi connectivity index (χ3n) is 3.40. The highest BCUT2D eigenvalue weighted by molar-refractivity contribution is 7.89. The minimum absolute atomic E-state index is 0.0246. The van der Waals surface area contributed by atoms with Crippen LogP contribution in [-0.2, 0) is 21.4 Å². The fourth-order valence-electron chi connectivity index (χ4n) is 2.23. The zero-order valence-electron chi connectivity index (χ0n) is 12.7. The number of nitrogens with zero attached hydrogens (tertiary/aromatic N) is 1. The molecule has 0 saturated heterocycles. The van der Waals surface area contributed by atoms with Crippen molar-refractivity contribution >= 4 is 37.5 Å². The average Bonchev–Trinajstić information content (AvgIpc) is 2.94. The molecule has 8 heteroatoms. The quantitative estimate of drug-likeness (QED) is 0.719. The number of aromatic nitrogens is 1. The Morgan fingerprint density at radius 2 is 2.00 bits per heavy atom. The van der Waals surface area contributed by atoms with Gasteiger partial charge in [0, 0.05) is 0 Å². The van der Waals surface area contributed by atoms with Crippen molar-refractivity contribution in [2.45, 2.75) is 18.4 Å². The number of carbonyl (C=O) groups excluding carboxylic acids is 1. The number of rotatable bonds is 4. The van der Waals surface area contributed by atoms with Crippen LogP contribution in [0.3, 0.4) is 0 Å². The molecule has 0 aliphatic rings. The van der Waals surface area contributed by atoms with Crippen LogP contribution in [-0.4, -0.2) is 19.4 Å². The predicted octanol–water partition coefficient (Wildman–Crippen LogP) is 2.61. The minimum Gasteiger partial charge on any atom is -0.455 e. The topological polar surface area (TPSA) is 99.3 Å². The highest BCUT2D eigenvalue weighted by Crippen LogP contribution is 2.22.